The molecular formula is C17H23N3O4S. The molecule has 25 heavy (non-hydrogen) atoms. The van der Waals surface area contributed by atoms with Crippen molar-refractivity contribution in [1.29, 1.82) is 0 Å². The summed E-state index contributed by atoms with van der Waals surface area (Å²) < 4.78 is 22.5. The number of hydrogen-bond acceptors (Lipinski definition) is 4. The zero-order chi connectivity index (χ0) is 18.2. The number of hydrogen-bond donors (Lipinski definition) is 2. The predicted molar refractivity (Wildman–Crippen MR) is 93.0 cm³/mol. The number of amides is 2. The van der Waals surface area contributed by atoms with E-state index in [1.807, 2.05) is 4.90 Å². The van der Waals surface area contributed by atoms with E-state index in [0.717, 1.165) is 6.42 Å². The number of primary sulfonamides is 1. The van der Waals surface area contributed by atoms with Crippen molar-refractivity contribution >= 4 is 27.5 Å². The molecular weight excluding hydrogens is 342 g/mol. The summed E-state index contributed by atoms with van der Waals surface area (Å²) >= 11 is 0. The smallest absolute Gasteiger partial charge is 0.238 e. The van der Waals surface area contributed by atoms with Crippen LogP contribution in [0.3, 0.4) is 0 Å². The molecule has 2 amide bonds. The Hall–Kier alpha value is -1.93. The van der Waals surface area contributed by atoms with Gasteiger partial charge in [0.1, 0.15) is 0 Å². The highest BCUT2D eigenvalue weighted by atomic mass is 32.2. The molecule has 0 bridgehead atoms. The molecule has 2 fully saturated rings. The van der Waals surface area contributed by atoms with Crippen molar-refractivity contribution in [3.63, 3.8) is 0 Å². The highest BCUT2D eigenvalue weighted by Crippen LogP contribution is 2.39. The Morgan fingerprint density at radius 3 is 2.20 bits per heavy atom. The van der Waals surface area contributed by atoms with E-state index in [9.17, 15) is 18.0 Å². The molecule has 1 saturated carbocycles. The molecule has 3 rings (SSSR count). The number of carbonyl (C=O) groups excluding carboxylic acids is 2. The van der Waals surface area contributed by atoms with Crippen LogP contribution in [0.5, 0.6) is 0 Å². The summed E-state index contributed by atoms with van der Waals surface area (Å²) in [5.74, 6) is 0.662. The Labute approximate surface area is 147 Å². The Morgan fingerprint density at radius 1 is 1.16 bits per heavy atom. The molecule has 1 aliphatic heterocycles. The Morgan fingerprint density at radius 2 is 1.72 bits per heavy atom. The second-order valence-electron chi connectivity index (χ2n) is 6.98. The SMILES string of the molecule is C[C@H]1C[C@H]1C(=O)N1CCC(C(=O)Nc2ccc(S(N)(=O)=O)cc2)CC1. The van der Waals surface area contributed by atoms with Gasteiger partial charge in [0.2, 0.25) is 21.8 Å². The summed E-state index contributed by atoms with van der Waals surface area (Å²) in [6, 6.07) is 5.77. The summed E-state index contributed by atoms with van der Waals surface area (Å²) in [6.07, 6.45) is 2.27. The summed E-state index contributed by atoms with van der Waals surface area (Å²) in [7, 11) is -3.74. The molecule has 2 atom stereocenters. The highest BCUT2D eigenvalue weighted by molar-refractivity contribution is 7.89. The van der Waals surface area contributed by atoms with E-state index >= 15 is 0 Å². The minimum Gasteiger partial charge on any atom is -0.342 e. The summed E-state index contributed by atoms with van der Waals surface area (Å²) in [4.78, 5) is 26.5. The van der Waals surface area contributed by atoms with Gasteiger partial charge in [-0.25, -0.2) is 13.6 Å². The number of benzene rings is 1. The fraction of sp³-hybridized carbons (Fsp3) is 0.529. The van der Waals surface area contributed by atoms with Crippen molar-refractivity contribution < 1.29 is 18.0 Å². The van der Waals surface area contributed by atoms with Crippen LogP contribution in [0.15, 0.2) is 29.2 Å². The van der Waals surface area contributed by atoms with Gasteiger partial charge in [0.05, 0.1) is 4.90 Å². The summed E-state index contributed by atoms with van der Waals surface area (Å²) in [5.41, 5.74) is 0.530. The maximum Gasteiger partial charge on any atom is 0.238 e. The monoisotopic (exact) mass is 365 g/mol. The third-order valence-electron chi connectivity index (χ3n) is 5.05. The molecule has 1 heterocycles. The molecule has 8 heteroatoms. The third-order valence-corrected chi connectivity index (χ3v) is 5.98. The molecule has 1 aromatic carbocycles. The van der Waals surface area contributed by atoms with E-state index in [1.54, 1.807) is 0 Å². The van der Waals surface area contributed by atoms with Gasteiger partial charge in [0.25, 0.3) is 0 Å². The van der Waals surface area contributed by atoms with Crippen molar-refractivity contribution in [2.45, 2.75) is 31.1 Å². The van der Waals surface area contributed by atoms with Crippen molar-refractivity contribution in [2.24, 2.45) is 22.9 Å². The quantitative estimate of drug-likeness (QED) is 0.834. The van der Waals surface area contributed by atoms with Crippen LogP contribution in [-0.2, 0) is 19.6 Å². The zero-order valence-corrected chi connectivity index (χ0v) is 15.0. The molecule has 0 spiro atoms. The van der Waals surface area contributed by atoms with E-state index in [4.69, 9.17) is 5.14 Å². The lowest BCUT2D eigenvalue weighted by atomic mass is 9.95. The number of likely N-dealkylation sites (tertiary alicyclic amines) is 1. The summed E-state index contributed by atoms with van der Waals surface area (Å²) in [5, 5.41) is 7.85. The lowest BCUT2D eigenvalue weighted by molar-refractivity contribution is -0.136. The van der Waals surface area contributed by atoms with Gasteiger partial charge in [-0.2, -0.15) is 0 Å². The van der Waals surface area contributed by atoms with Gasteiger partial charge in [-0.15, -0.1) is 0 Å². The van der Waals surface area contributed by atoms with Crippen LogP contribution in [0.2, 0.25) is 0 Å². The standard InChI is InChI=1S/C17H23N3O4S/c1-11-10-15(11)17(22)20-8-6-12(7-9-20)16(21)19-13-2-4-14(5-3-13)25(18,23)24/h2-5,11-12,15H,6-10H2,1H3,(H,19,21)(H2,18,23,24)/t11-,15+/m0/s1. The van der Waals surface area contributed by atoms with Crippen LogP contribution in [-0.4, -0.2) is 38.2 Å². The van der Waals surface area contributed by atoms with Crippen molar-refractivity contribution in [3.8, 4) is 0 Å². The lowest BCUT2D eigenvalue weighted by Gasteiger charge is -2.31. The van der Waals surface area contributed by atoms with Gasteiger partial charge >= 0.3 is 0 Å². The van der Waals surface area contributed by atoms with E-state index < -0.39 is 10.0 Å². The average Bonchev–Trinajstić information content (AvgIpc) is 3.31. The molecule has 136 valence electrons. The first-order chi connectivity index (χ1) is 11.8. The number of carbonyl (C=O) groups is 2. The number of anilines is 1. The van der Waals surface area contributed by atoms with Gasteiger partial charge in [0.15, 0.2) is 0 Å². The number of piperidine rings is 1. The molecule has 2 aliphatic rings. The fourth-order valence-corrected chi connectivity index (χ4v) is 3.75. The molecule has 0 radical (unpaired) electrons. The van der Waals surface area contributed by atoms with Crippen LogP contribution in [0, 0.1) is 17.8 Å². The molecule has 0 unspecified atom stereocenters. The van der Waals surface area contributed by atoms with Gasteiger partial charge < -0.3 is 10.2 Å². The second kappa shape index (κ2) is 6.76. The van der Waals surface area contributed by atoms with E-state index in [2.05, 4.69) is 12.2 Å². The molecule has 1 aliphatic carbocycles. The normalized spacial score (nSPS) is 24.0. The van der Waals surface area contributed by atoms with Crippen LogP contribution < -0.4 is 10.5 Å². The topological polar surface area (TPSA) is 110 Å². The number of nitrogens with zero attached hydrogens (tertiary/aromatic N) is 1. The highest BCUT2D eigenvalue weighted by Gasteiger charge is 2.42. The number of nitrogens with two attached hydrogens (primary N) is 1. The van der Waals surface area contributed by atoms with Crippen LogP contribution >= 0.6 is 0 Å². The second-order valence-corrected chi connectivity index (χ2v) is 8.54. The van der Waals surface area contributed by atoms with Gasteiger partial charge in [-0.3, -0.25) is 9.59 Å². The third kappa shape index (κ3) is 4.19. The van der Waals surface area contributed by atoms with Crippen molar-refractivity contribution in [2.75, 3.05) is 18.4 Å². The van der Waals surface area contributed by atoms with Crippen LogP contribution in [0.4, 0.5) is 5.69 Å². The first-order valence-electron chi connectivity index (χ1n) is 8.48. The lowest BCUT2D eigenvalue weighted by Crippen LogP contribution is -2.42. The van der Waals surface area contributed by atoms with E-state index in [0.29, 0.717) is 37.5 Å². The molecule has 0 aromatic heterocycles. The number of sulfonamides is 1. The Bertz CT molecular complexity index is 768. The molecule has 7 nitrogen and oxygen atoms in total. The Balaban J connectivity index is 1.52. The fourth-order valence-electron chi connectivity index (χ4n) is 3.24. The predicted octanol–water partition coefficient (Wildman–Crippen LogP) is 1.17. The first kappa shape index (κ1) is 17.9. The summed E-state index contributed by atoms with van der Waals surface area (Å²) in [6.45, 7) is 3.32. The van der Waals surface area contributed by atoms with Crippen molar-refractivity contribution in [1.82, 2.24) is 4.90 Å². The largest absolute Gasteiger partial charge is 0.342 e. The maximum absolute atomic E-state index is 12.4. The van der Waals surface area contributed by atoms with Gasteiger partial charge in [0, 0.05) is 30.6 Å². The van der Waals surface area contributed by atoms with Crippen LogP contribution in [0.25, 0.3) is 0 Å². The minimum atomic E-state index is -3.74. The maximum atomic E-state index is 12.4. The van der Waals surface area contributed by atoms with Crippen LogP contribution in [0.1, 0.15) is 26.2 Å². The molecule has 1 saturated heterocycles. The van der Waals surface area contributed by atoms with Crippen molar-refractivity contribution in [3.05, 3.63) is 24.3 Å². The zero-order valence-electron chi connectivity index (χ0n) is 14.1. The first-order valence-corrected chi connectivity index (χ1v) is 10.0. The van der Waals surface area contributed by atoms with E-state index in [-0.39, 0.29) is 28.5 Å². The molecule has 1 aromatic rings. The average molecular weight is 365 g/mol. The van der Waals surface area contributed by atoms with Gasteiger partial charge in [-0.1, -0.05) is 6.92 Å². The minimum absolute atomic E-state index is 0.00613. The Kier molecular flexibility index (Phi) is 4.83. The van der Waals surface area contributed by atoms with E-state index in [1.165, 1.54) is 24.3 Å². The molecule has 3 N–H and O–H groups in total. The number of nitrogens with one attached hydrogen (secondary N) is 1. The van der Waals surface area contributed by atoms with Gasteiger partial charge in [-0.05, 0) is 49.4 Å². The number of rotatable bonds is 4.